The minimum absolute atomic E-state index is 0.0737. The predicted octanol–water partition coefficient (Wildman–Crippen LogP) is 4.47. The van der Waals surface area contributed by atoms with Gasteiger partial charge in [0.1, 0.15) is 5.82 Å². The van der Waals surface area contributed by atoms with Gasteiger partial charge in [0.05, 0.1) is 10.6 Å². The number of rotatable bonds is 4. The fourth-order valence-electron chi connectivity index (χ4n) is 1.56. The van der Waals surface area contributed by atoms with E-state index in [0.29, 0.717) is 10.6 Å². The first kappa shape index (κ1) is 13.9. The molecule has 0 saturated carbocycles. The zero-order chi connectivity index (χ0) is 13.8. The van der Waals surface area contributed by atoms with E-state index in [1.165, 1.54) is 17.8 Å². The standard InChI is InChI=1S/C14H10ClFO2S/c15-11-7-9(5-6-12(11)16)8-19-13-4-2-1-3-10(13)14(17)18/h1-7H,8H2,(H,17,18). The van der Waals surface area contributed by atoms with E-state index in [1.807, 2.05) is 0 Å². The topological polar surface area (TPSA) is 37.3 Å². The lowest BCUT2D eigenvalue weighted by molar-refractivity contribution is 0.0693. The summed E-state index contributed by atoms with van der Waals surface area (Å²) in [6.45, 7) is 0. The Kier molecular flexibility index (Phi) is 4.45. The molecular formula is C14H10ClFO2S. The van der Waals surface area contributed by atoms with Crippen LogP contribution < -0.4 is 0 Å². The van der Waals surface area contributed by atoms with E-state index in [2.05, 4.69) is 0 Å². The van der Waals surface area contributed by atoms with Crippen molar-refractivity contribution in [1.29, 1.82) is 0 Å². The zero-order valence-corrected chi connectivity index (χ0v) is 11.3. The average Bonchev–Trinajstić information content (AvgIpc) is 2.40. The van der Waals surface area contributed by atoms with Crippen LogP contribution in [-0.2, 0) is 5.75 Å². The number of thioether (sulfide) groups is 1. The molecule has 98 valence electrons. The summed E-state index contributed by atoms with van der Waals surface area (Å²) in [4.78, 5) is 11.7. The van der Waals surface area contributed by atoms with Crippen molar-refractivity contribution in [1.82, 2.24) is 0 Å². The second kappa shape index (κ2) is 6.08. The Bertz CT molecular complexity index is 616. The summed E-state index contributed by atoms with van der Waals surface area (Å²) < 4.78 is 13.0. The van der Waals surface area contributed by atoms with Crippen LogP contribution in [0.3, 0.4) is 0 Å². The van der Waals surface area contributed by atoms with Crippen LogP contribution in [0.1, 0.15) is 15.9 Å². The van der Waals surface area contributed by atoms with E-state index in [0.717, 1.165) is 5.56 Å². The van der Waals surface area contributed by atoms with Gasteiger partial charge in [-0.15, -0.1) is 11.8 Å². The van der Waals surface area contributed by atoms with E-state index in [4.69, 9.17) is 16.7 Å². The van der Waals surface area contributed by atoms with Crippen molar-refractivity contribution < 1.29 is 14.3 Å². The quantitative estimate of drug-likeness (QED) is 0.846. The number of benzene rings is 2. The van der Waals surface area contributed by atoms with Crippen molar-refractivity contribution in [2.24, 2.45) is 0 Å². The minimum Gasteiger partial charge on any atom is -0.478 e. The molecule has 19 heavy (non-hydrogen) atoms. The van der Waals surface area contributed by atoms with Crippen LogP contribution >= 0.6 is 23.4 Å². The number of hydrogen-bond donors (Lipinski definition) is 1. The SMILES string of the molecule is O=C(O)c1ccccc1SCc1ccc(F)c(Cl)c1. The Morgan fingerprint density at radius 2 is 2.00 bits per heavy atom. The molecule has 2 rings (SSSR count). The number of hydrogen-bond acceptors (Lipinski definition) is 2. The zero-order valence-electron chi connectivity index (χ0n) is 9.77. The van der Waals surface area contributed by atoms with E-state index in [-0.39, 0.29) is 10.6 Å². The van der Waals surface area contributed by atoms with Crippen LogP contribution in [0.4, 0.5) is 4.39 Å². The van der Waals surface area contributed by atoms with Crippen LogP contribution in [0.15, 0.2) is 47.4 Å². The van der Waals surface area contributed by atoms with E-state index in [9.17, 15) is 9.18 Å². The van der Waals surface area contributed by atoms with Gasteiger partial charge in [0.2, 0.25) is 0 Å². The van der Waals surface area contributed by atoms with Gasteiger partial charge in [-0.1, -0.05) is 29.8 Å². The third kappa shape index (κ3) is 3.49. The van der Waals surface area contributed by atoms with Crippen LogP contribution in [0.25, 0.3) is 0 Å². The molecule has 0 bridgehead atoms. The van der Waals surface area contributed by atoms with Gasteiger partial charge in [-0.2, -0.15) is 0 Å². The van der Waals surface area contributed by atoms with E-state index < -0.39 is 11.8 Å². The first-order valence-electron chi connectivity index (χ1n) is 5.47. The van der Waals surface area contributed by atoms with Crippen molar-refractivity contribution in [3.8, 4) is 0 Å². The first-order valence-corrected chi connectivity index (χ1v) is 6.83. The van der Waals surface area contributed by atoms with E-state index >= 15 is 0 Å². The number of halogens is 2. The summed E-state index contributed by atoms with van der Waals surface area (Å²) in [7, 11) is 0. The lowest BCUT2D eigenvalue weighted by Gasteiger charge is -2.06. The molecule has 0 radical (unpaired) electrons. The van der Waals surface area contributed by atoms with Crippen molar-refractivity contribution in [3.63, 3.8) is 0 Å². The Balaban J connectivity index is 2.14. The van der Waals surface area contributed by atoms with Crippen molar-refractivity contribution in [3.05, 3.63) is 64.4 Å². The maximum Gasteiger partial charge on any atom is 0.336 e. The highest BCUT2D eigenvalue weighted by Gasteiger charge is 2.09. The first-order chi connectivity index (χ1) is 9.08. The highest BCUT2D eigenvalue weighted by molar-refractivity contribution is 7.98. The summed E-state index contributed by atoms with van der Waals surface area (Å²) in [6, 6.07) is 11.3. The lowest BCUT2D eigenvalue weighted by atomic mass is 10.2. The Morgan fingerprint density at radius 1 is 1.26 bits per heavy atom. The summed E-state index contributed by atoms with van der Waals surface area (Å²) in [5.74, 6) is -0.883. The summed E-state index contributed by atoms with van der Waals surface area (Å²) in [5, 5.41) is 9.13. The van der Waals surface area contributed by atoms with Crippen LogP contribution in [0.5, 0.6) is 0 Å². The largest absolute Gasteiger partial charge is 0.478 e. The molecule has 2 aromatic carbocycles. The Hall–Kier alpha value is -1.52. The third-order valence-electron chi connectivity index (χ3n) is 2.50. The summed E-state index contributed by atoms with van der Waals surface area (Å²) >= 11 is 7.08. The van der Waals surface area contributed by atoms with E-state index in [1.54, 1.807) is 36.4 Å². The number of carboxylic acid groups (broad SMARTS) is 1. The molecule has 0 aromatic heterocycles. The summed E-state index contributed by atoms with van der Waals surface area (Å²) in [6.07, 6.45) is 0. The fraction of sp³-hybridized carbons (Fsp3) is 0.0714. The number of carbonyl (C=O) groups is 1. The fourth-order valence-corrected chi connectivity index (χ4v) is 2.75. The molecule has 0 aliphatic heterocycles. The van der Waals surface area contributed by atoms with Crippen molar-refractivity contribution in [2.75, 3.05) is 0 Å². The van der Waals surface area contributed by atoms with Gasteiger partial charge in [0.15, 0.2) is 0 Å². The molecule has 2 nitrogen and oxygen atoms in total. The van der Waals surface area contributed by atoms with Gasteiger partial charge >= 0.3 is 5.97 Å². The number of aromatic carboxylic acids is 1. The second-order valence-corrected chi connectivity index (χ2v) is 5.26. The highest BCUT2D eigenvalue weighted by atomic mass is 35.5. The van der Waals surface area contributed by atoms with Crippen LogP contribution in [-0.4, -0.2) is 11.1 Å². The van der Waals surface area contributed by atoms with Gasteiger partial charge in [-0.25, -0.2) is 9.18 Å². The van der Waals surface area contributed by atoms with Gasteiger partial charge < -0.3 is 5.11 Å². The van der Waals surface area contributed by atoms with Crippen molar-refractivity contribution >= 4 is 29.3 Å². The number of carboxylic acids is 1. The smallest absolute Gasteiger partial charge is 0.336 e. The average molecular weight is 297 g/mol. The predicted molar refractivity (Wildman–Crippen MR) is 74.4 cm³/mol. The molecule has 0 atom stereocenters. The normalized spacial score (nSPS) is 10.4. The molecule has 5 heteroatoms. The molecule has 0 amide bonds. The monoisotopic (exact) mass is 296 g/mol. The molecule has 0 spiro atoms. The third-order valence-corrected chi connectivity index (χ3v) is 3.93. The highest BCUT2D eigenvalue weighted by Crippen LogP contribution is 2.27. The molecule has 0 fully saturated rings. The molecule has 0 aliphatic carbocycles. The molecular weight excluding hydrogens is 287 g/mol. The van der Waals surface area contributed by atoms with Crippen molar-refractivity contribution in [2.45, 2.75) is 10.6 Å². The lowest BCUT2D eigenvalue weighted by Crippen LogP contribution is -1.98. The van der Waals surface area contributed by atoms with Gasteiger partial charge in [0.25, 0.3) is 0 Å². The maximum atomic E-state index is 13.0. The molecule has 0 saturated heterocycles. The molecule has 0 aliphatic rings. The van der Waals surface area contributed by atoms with Crippen LogP contribution in [0.2, 0.25) is 5.02 Å². The molecule has 0 heterocycles. The molecule has 0 unspecified atom stereocenters. The molecule has 1 N–H and O–H groups in total. The minimum atomic E-state index is -0.958. The van der Waals surface area contributed by atoms with Crippen LogP contribution in [0, 0.1) is 5.82 Å². The second-order valence-electron chi connectivity index (χ2n) is 3.84. The van der Waals surface area contributed by atoms with Gasteiger partial charge in [0, 0.05) is 10.6 Å². The summed E-state index contributed by atoms with van der Waals surface area (Å²) in [5.41, 5.74) is 1.11. The molecule has 2 aromatic rings. The Labute approximate surface area is 119 Å². The van der Waals surface area contributed by atoms with Gasteiger partial charge in [-0.05, 0) is 29.8 Å². The van der Waals surface area contributed by atoms with Gasteiger partial charge in [-0.3, -0.25) is 0 Å². The Morgan fingerprint density at radius 3 is 2.68 bits per heavy atom. The maximum absolute atomic E-state index is 13.0.